The Hall–Kier alpha value is -2.39. The van der Waals surface area contributed by atoms with Crippen molar-refractivity contribution < 1.29 is 14.5 Å². The second kappa shape index (κ2) is 9.93. The number of nitro groups is 1. The summed E-state index contributed by atoms with van der Waals surface area (Å²) in [5.74, 6) is -0.440. The Morgan fingerprint density at radius 2 is 2.08 bits per heavy atom. The van der Waals surface area contributed by atoms with E-state index in [-0.39, 0.29) is 60.2 Å². The van der Waals surface area contributed by atoms with Crippen LogP contribution in [0, 0.1) is 10.1 Å². The van der Waals surface area contributed by atoms with Crippen molar-refractivity contribution in [3.05, 3.63) is 33.9 Å². The molecule has 26 heavy (non-hydrogen) atoms. The van der Waals surface area contributed by atoms with E-state index in [1.807, 2.05) is 0 Å². The first-order chi connectivity index (χ1) is 11.9. The van der Waals surface area contributed by atoms with Gasteiger partial charge >= 0.3 is 0 Å². The molecule has 10 heteroatoms. The molecule has 1 unspecified atom stereocenters. The maximum atomic E-state index is 12.8. The van der Waals surface area contributed by atoms with E-state index in [0.29, 0.717) is 13.1 Å². The lowest BCUT2D eigenvalue weighted by Crippen LogP contribution is -2.49. The van der Waals surface area contributed by atoms with E-state index < -0.39 is 4.92 Å². The van der Waals surface area contributed by atoms with E-state index in [1.54, 1.807) is 4.90 Å². The van der Waals surface area contributed by atoms with E-state index in [4.69, 9.17) is 11.5 Å². The summed E-state index contributed by atoms with van der Waals surface area (Å²) >= 11 is 0. The Bertz CT molecular complexity index is 670. The van der Waals surface area contributed by atoms with Crippen LogP contribution in [0.4, 0.5) is 11.4 Å². The number of nitrogens with one attached hydrogen (secondary N) is 1. The number of likely N-dealkylation sites (tertiary alicyclic amines) is 1. The summed E-state index contributed by atoms with van der Waals surface area (Å²) < 4.78 is 0. The number of benzene rings is 1. The maximum Gasteiger partial charge on any atom is 0.292 e. The number of carbonyl (C=O) groups excluding carboxylic acids is 2. The van der Waals surface area contributed by atoms with Crippen LogP contribution >= 0.6 is 12.4 Å². The minimum atomic E-state index is -0.604. The molecule has 144 valence electrons. The Morgan fingerprint density at radius 3 is 2.73 bits per heavy atom. The van der Waals surface area contributed by atoms with Gasteiger partial charge in [0.1, 0.15) is 5.69 Å². The van der Waals surface area contributed by atoms with Gasteiger partial charge in [0, 0.05) is 43.7 Å². The van der Waals surface area contributed by atoms with Crippen LogP contribution < -0.4 is 16.8 Å². The number of amides is 2. The quantitative estimate of drug-likeness (QED) is 0.379. The fourth-order valence-corrected chi connectivity index (χ4v) is 2.93. The van der Waals surface area contributed by atoms with Crippen LogP contribution in [0.2, 0.25) is 0 Å². The summed E-state index contributed by atoms with van der Waals surface area (Å²) in [7, 11) is 0. The van der Waals surface area contributed by atoms with Crippen molar-refractivity contribution in [3.63, 3.8) is 0 Å². The number of nitrogens with zero attached hydrogens (tertiary/aromatic N) is 2. The highest BCUT2D eigenvalue weighted by Gasteiger charge is 2.28. The van der Waals surface area contributed by atoms with Gasteiger partial charge in [-0.05, 0) is 31.4 Å². The van der Waals surface area contributed by atoms with Gasteiger partial charge in [0.2, 0.25) is 5.91 Å². The molecular weight excluding hydrogens is 362 g/mol. The number of nitro benzene ring substituents is 1. The molecule has 1 aromatic carbocycles. The minimum absolute atomic E-state index is 0. The van der Waals surface area contributed by atoms with Gasteiger partial charge in [0.15, 0.2) is 0 Å². The third-order valence-corrected chi connectivity index (χ3v) is 4.27. The molecule has 0 bridgehead atoms. The molecule has 9 nitrogen and oxygen atoms in total. The zero-order chi connectivity index (χ0) is 18.4. The van der Waals surface area contributed by atoms with Crippen molar-refractivity contribution >= 4 is 35.6 Å². The summed E-state index contributed by atoms with van der Waals surface area (Å²) in [5.41, 5.74) is 10.9. The third-order valence-electron chi connectivity index (χ3n) is 4.27. The number of rotatable bonds is 6. The standard InChI is InChI=1S/C16H23N5O4.ClH/c17-7-6-15(22)19-10-12-3-1-2-8-20(12)16(23)11-4-5-13(18)14(9-11)21(24)25;/h4-5,9,12H,1-3,6-8,10,17-18H2,(H,19,22);1H. The number of carbonyl (C=O) groups is 2. The molecule has 0 saturated carbocycles. The Morgan fingerprint density at radius 1 is 1.35 bits per heavy atom. The Kier molecular flexibility index (Phi) is 8.27. The van der Waals surface area contributed by atoms with Gasteiger partial charge in [-0.2, -0.15) is 0 Å². The largest absolute Gasteiger partial charge is 0.393 e. The van der Waals surface area contributed by atoms with E-state index in [2.05, 4.69) is 5.32 Å². The second-order valence-corrected chi connectivity index (χ2v) is 6.02. The first-order valence-electron chi connectivity index (χ1n) is 8.25. The molecule has 1 aliphatic rings. The number of nitrogens with two attached hydrogens (primary N) is 2. The molecule has 1 aromatic rings. The van der Waals surface area contributed by atoms with Gasteiger partial charge in [-0.25, -0.2) is 0 Å². The van der Waals surface area contributed by atoms with Crippen LogP contribution in [-0.4, -0.2) is 47.3 Å². The topological polar surface area (TPSA) is 145 Å². The van der Waals surface area contributed by atoms with Gasteiger partial charge < -0.3 is 21.7 Å². The van der Waals surface area contributed by atoms with E-state index >= 15 is 0 Å². The van der Waals surface area contributed by atoms with Crippen molar-refractivity contribution in [2.75, 3.05) is 25.4 Å². The Labute approximate surface area is 157 Å². The molecule has 0 radical (unpaired) electrons. The lowest BCUT2D eigenvalue weighted by molar-refractivity contribution is -0.383. The molecule has 2 amide bonds. The van der Waals surface area contributed by atoms with Crippen molar-refractivity contribution in [3.8, 4) is 0 Å². The molecule has 1 fully saturated rings. The number of anilines is 1. The van der Waals surface area contributed by atoms with Crippen molar-refractivity contribution in [2.45, 2.75) is 31.7 Å². The van der Waals surface area contributed by atoms with Crippen molar-refractivity contribution in [1.82, 2.24) is 10.2 Å². The van der Waals surface area contributed by atoms with Gasteiger partial charge in [-0.15, -0.1) is 12.4 Å². The Balaban J connectivity index is 0.00000338. The average Bonchev–Trinajstić information content (AvgIpc) is 2.60. The van der Waals surface area contributed by atoms with Crippen LogP contribution in [0.25, 0.3) is 0 Å². The summed E-state index contributed by atoms with van der Waals surface area (Å²) in [5, 5.41) is 13.8. The molecular formula is C16H24ClN5O4. The predicted octanol–water partition coefficient (Wildman–Crippen LogP) is 1.06. The predicted molar refractivity (Wildman–Crippen MR) is 100 cm³/mol. The zero-order valence-corrected chi connectivity index (χ0v) is 15.2. The van der Waals surface area contributed by atoms with Crippen LogP contribution in [-0.2, 0) is 4.79 Å². The number of nitrogen functional groups attached to an aromatic ring is 1. The lowest BCUT2D eigenvalue weighted by atomic mass is 10.00. The first-order valence-corrected chi connectivity index (χ1v) is 8.25. The minimum Gasteiger partial charge on any atom is -0.393 e. The maximum absolute atomic E-state index is 12.8. The van der Waals surface area contributed by atoms with Crippen molar-refractivity contribution in [2.24, 2.45) is 5.73 Å². The molecule has 1 aliphatic heterocycles. The SMILES string of the molecule is Cl.NCCC(=O)NCC1CCCCN1C(=O)c1ccc(N)c([N+](=O)[O-])c1. The fraction of sp³-hybridized carbons (Fsp3) is 0.500. The lowest BCUT2D eigenvalue weighted by Gasteiger charge is -2.36. The van der Waals surface area contributed by atoms with E-state index in [1.165, 1.54) is 18.2 Å². The normalized spacial score (nSPS) is 16.5. The van der Waals surface area contributed by atoms with Crippen LogP contribution in [0.3, 0.4) is 0 Å². The zero-order valence-electron chi connectivity index (χ0n) is 14.3. The number of hydrogen-bond donors (Lipinski definition) is 3. The molecule has 1 atom stereocenters. The summed E-state index contributed by atoms with van der Waals surface area (Å²) in [6, 6.07) is 3.92. The fourth-order valence-electron chi connectivity index (χ4n) is 2.93. The number of piperidine rings is 1. The smallest absolute Gasteiger partial charge is 0.292 e. The molecule has 5 N–H and O–H groups in total. The average molecular weight is 386 g/mol. The highest BCUT2D eigenvalue weighted by atomic mass is 35.5. The molecule has 0 spiro atoms. The molecule has 1 heterocycles. The first kappa shape index (κ1) is 21.7. The number of hydrogen-bond acceptors (Lipinski definition) is 6. The van der Waals surface area contributed by atoms with Crippen molar-refractivity contribution in [1.29, 1.82) is 0 Å². The molecule has 0 aliphatic carbocycles. The third kappa shape index (κ3) is 5.30. The van der Waals surface area contributed by atoms with Gasteiger partial charge in [-0.3, -0.25) is 19.7 Å². The van der Waals surface area contributed by atoms with E-state index in [0.717, 1.165) is 19.3 Å². The van der Waals surface area contributed by atoms with Crippen LogP contribution in [0.15, 0.2) is 18.2 Å². The second-order valence-electron chi connectivity index (χ2n) is 6.02. The summed E-state index contributed by atoms with van der Waals surface area (Å²) in [4.78, 5) is 36.5. The molecule has 2 rings (SSSR count). The van der Waals surface area contributed by atoms with Gasteiger partial charge in [-0.1, -0.05) is 0 Å². The molecule has 0 aromatic heterocycles. The van der Waals surface area contributed by atoms with Crippen LogP contribution in [0.1, 0.15) is 36.0 Å². The van der Waals surface area contributed by atoms with Gasteiger partial charge in [0.25, 0.3) is 11.6 Å². The highest BCUT2D eigenvalue weighted by molar-refractivity contribution is 5.96. The summed E-state index contributed by atoms with van der Waals surface area (Å²) in [6.07, 6.45) is 2.83. The summed E-state index contributed by atoms with van der Waals surface area (Å²) in [6.45, 7) is 1.17. The van der Waals surface area contributed by atoms with Gasteiger partial charge in [0.05, 0.1) is 4.92 Å². The number of halogens is 1. The van der Waals surface area contributed by atoms with E-state index in [9.17, 15) is 19.7 Å². The molecule has 1 saturated heterocycles. The highest BCUT2D eigenvalue weighted by Crippen LogP contribution is 2.25. The monoisotopic (exact) mass is 385 g/mol. The van der Waals surface area contributed by atoms with Crippen LogP contribution in [0.5, 0.6) is 0 Å².